The van der Waals surface area contributed by atoms with Crippen LogP contribution in [-0.4, -0.2) is 14.6 Å². The number of aromatic nitrogens is 3. The predicted molar refractivity (Wildman–Crippen MR) is 68.9 cm³/mol. The molecule has 0 saturated carbocycles. The number of halogens is 3. The molecule has 0 radical (unpaired) electrons. The summed E-state index contributed by atoms with van der Waals surface area (Å²) in [6.45, 7) is 1.69. The number of fused-ring (bicyclic) bond motifs is 1. The fourth-order valence-corrected chi connectivity index (χ4v) is 2.83. The minimum Gasteiger partial charge on any atom is -0.293 e. The van der Waals surface area contributed by atoms with Crippen LogP contribution in [0.4, 0.5) is 13.2 Å². The molecule has 0 atom stereocenters. The van der Waals surface area contributed by atoms with Gasteiger partial charge in [0.25, 0.3) is 5.56 Å². The summed E-state index contributed by atoms with van der Waals surface area (Å²) in [5.41, 5.74) is -0.864. The average Bonchev–Trinajstić information content (AvgIpc) is 2.94. The summed E-state index contributed by atoms with van der Waals surface area (Å²) in [6, 6.07) is 4.04. The molecule has 3 aromatic heterocycles. The Morgan fingerprint density at radius 1 is 1.40 bits per heavy atom. The summed E-state index contributed by atoms with van der Waals surface area (Å²) in [7, 11) is 0. The third-order valence-corrected chi connectivity index (χ3v) is 3.74. The molecule has 4 nitrogen and oxygen atoms in total. The van der Waals surface area contributed by atoms with Crippen LogP contribution in [0.25, 0.3) is 16.1 Å². The van der Waals surface area contributed by atoms with Crippen molar-refractivity contribution in [2.45, 2.75) is 13.1 Å². The first-order chi connectivity index (χ1) is 9.38. The Labute approximate surface area is 114 Å². The SMILES string of the molecule is Cc1[nH]n2c(=O)cc(C(F)(F)F)nc2c1-c1cccs1. The van der Waals surface area contributed by atoms with Crippen LogP contribution in [0.15, 0.2) is 28.4 Å². The van der Waals surface area contributed by atoms with Gasteiger partial charge in [0.1, 0.15) is 0 Å². The van der Waals surface area contributed by atoms with E-state index in [1.807, 2.05) is 5.38 Å². The zero-order valence-electron chi connectivity index (χ0n) is 10.2. The second-order valence-corrected chi connectivity index (χ2v) is 5.17. The van der Waals surface area contributed by atoms with Crippen molar-refractivity contribution in [3.63, 3.8) is 0 Å². The topological polar surface area (TPSA) is 50.2 Å². The first-order valence-corrected chi connectivity index (χ1v) is 6.49. The number of thiophene rings is 1. The maximum atomic E-state index is 12.8. The van der Waals surface area contributed by atoms with Crippen LogP contribution >= 0.6 is 11.3 Å². The van der Waals surface area contributed by atoms with Crippen LogP contribution in [0.3, 0.4) is 0 Å². The van der Waals surface area contributed by atoms with Crippen LogP contribution in [0.1, 0.15) is 11.4 Å². The number of nitrogens with zero attached hydrogens (tertiary/aromatic N) is 2. The number of H-pyrrole nitrogens is 1. The van der Waals surface area contributed by atoms with E-state index in [0.29, 0.717) is 17.3 Å². The Hall–Kier alpha value is -2.09. The van der Waals surface area contributed by atoms with E-state index < -0.39 is 17.4 Å². The minimum atomic E-state index is -4.65. The fourth-order valence-electron chi connectivity index (χ4n) is 2.01. The monoisotopic (exact) mass is 299 g/mol. The molecule has 0 unspecified atom stereocenters. The number of aryl methyl sites for hydroxylation is 1. The van der Waals surface area contributed by atoms with Crippen molar-refractivity contribution < 1.29 is 13.2 Å². The predicted octanol–water partition coefficient (Wildman–Crippen LogP) is 3.08. The highest BCUT2D eigenvalue weighted by molar-refractivity contribution is 7.13. The van der Waals surface area contributed by atoms with E-state index in [-0.39, 0.29) is 5.65 Å². The van der Waals surface area contributed by atoms with Crippen molar-refractivity contribution in [2.75, 3.05) is 0 Å². The molecule has 104 valence electrons. The Kier molecular flexibility index (Phi) is 2.72. The van der Waals surface area contributed by atoms with Crippen molar-refractivity contribution in [3.05, 3.63) is 45.3 Å². The Balaban J connectivity index is 2.39. The molecule has 20 heavy (non-hydrogen) atoms. The first-order valence-electron chi connectivity index (χ1n) is 5.61. The summed E-state index contributed by atoms with van der Waals surface area (Å²) in [5, 5.41) is 4.55. The Morgan fingerprint density at radius 2 is 2.15 bits per heavy atom. The number of nitrogens with one attached hydrogen (secondary N) is 1. The molecule has 0 aliphatic rings. The van der Waals surface area contributed by atoms with Gasteiger partial charge < -0.3 is 0 Å². The van der Waals surface area contributed by atoms with Gasteiger partial charge in [-0.05, 0) is 18.4 Å². The van der Waals surface area contributed by atoms with Crippen molar-refractivity contribution >= 4 is 17.0 Å². The molecule has 8 heteroatoms. The minimum absolute atomic E-state index is 0.00947. The van der Waals surface area contributed by atoms with Gasteiger partial charge in [0.15, 0.2) is 11.3 Å². The molecule has 1 N–H and O–H groups in total. The molecule has 0 aliphatic carbocycles. The average molecular weight is 299 g/mol. The largest absolute Gasteiger partial charge is 0.433 e. The van der Waals surface area contributed by atoms with Gasteiger partial charge in [-0.3, -0.25) is 9.89 Å². The van der Waals surface area contributed by atoms with Gasteiger partial charge in [0.05, 0.1) is 5.56 Å². The molecule has 3 rings (SSSR count). The van der Waals surface area contributed by atoms with Gasteiger partial charge >= 0.3 is 6.18 Å². The van der Waals surface area contributed by atoms with Gasteiger partial charge in [-0.2, -0.15) is 13.2 Å². The van der Waals surface area contributed by atoms with Gasteiger partial charge in [-0.25, -0.2) is 9.50 Å². The molecule has 3 aromatic rings. The number of aromatic amines is 1. The number of rotatable bonds is 1. The standard InChI is InChI=1S/C12H8F3N3OS/c1-6-10(7-3-2-4-20-7)11-16-8(12(13,14)15)5-9(19)18(11)17-6/h2-5,17H,1H3. The van der Waals surface area contributed by atoms with E-state index >= 15 is 0 Å². The second-order valence-electron chi connectivity index (χ2n) is 4.23. The molecule has 0 amide bonds. The molecule has 0 aliphatic heterocycles. The van der Waals surface area contributed by atoms with E-state index in [1.165, 1.54) is 11.3 Å². The lowest BCUT2D eigenvalue weighted by molar-refractivity contribution is -0.141. The van der Waals surface area contributed by atoms with Crippen LogP contribution in [0, 0.1) is 6.92 Å². The lowest BCUT2D eigenvalue weighted by Gasteiger charge is -2.05. The molecule has 0 spiro atoms. The normalized spacial score (nSPS) is 12.2. The molecular weight excluding hydrogens is 291 g/mol. The Bertz CT molecular complexity index is 830. The smallest absolute Gasteiger partial charge is 0.293 e. The third-order valence-electron chi connectivity index (χ3n) is 2.85. The fraction of sp³-hybridized carbons (Fsp3) is 0.167. The van der Waals surface area contributed by atoms with E-state index in [1.54, 1.807) is 19.1 Å². The lowest BCUT2D eigenvalue weighted by Crippen LogP contribution is -2.19. The third kappa shape index (κ3) is 1.92. The molecular formula is C12H8F3N3OS. The molecule has 0 fully saturated rings. The van der Waals surface area contributed by atoms with Crippen LogP contribution in [-0.2, 0) is 6.18 Å². The number of hydrogen-bond donors (Lipinski definition) is 1. The van der Waals surface area contributed by atoms with Crippen LogP contribution in [0.2, 0.25) is 0 Å². The summed E-state index contributed by atoms with van der Waals surface area (Å²) >= 11 is 1.37. The highest BCUT2D eigenvalue weighted by atomic mass is 32.1. The molecule has 3 heterocycles. The van der Waals surface area contributed by atoms with Gasteiger partial charge in [0.2, 0.25) is 0 Å². The van der Waals surface area contributed by atoms with E-state index in [2.05, 4.69) is 10.1 Å². The van der Waals surface area contributed by atoms with Gasteiger partial charge in [0, 0.05) is 16.6 Å². The number of alkyl halides is 3. The van der Waals surface area contributed by atoms with Crippen molar-refractivity contribution in [1.29, 1.82) is 0 Å². The van der Waals surface area contributed by atoms with E-state index in [4.69, 9.17) is 0 Å². The summed E-state index contributed by atoms with van der Waals surface area (Å²) in [6.07, 6.45) is -4.65. The van der Waals surface area contributed by atoms with Crippen LogP contribution in [0.5, 0.6) is 0 Å². The Morgan fingerprint density at radius 3 is 2.75 bits per heavy atom. The maximum absolute atomic E-state index is 12.8. The van der Waals surface area contributed by atoms with Crippen molar-refractivity contribution in [2.24, 2.45) is 0 Å². The van der Waals surface area contributed by atoms with Gasteiger partial charge in [-0.1, -0.05) is 6.07 Å². The first kappa shape index (κ1) is 12.9. The molecule has 0 bridgehead atoms. The lowest BCUT2D eigenvalue weighted by atomic mass is 10.2. The molecule has 0 aromatic carbocycles. The summed E-state index contributed by atoms with van der Waals surface area (Å²) in [4.78, 5) is 16.1. The maximum Gasteiger partial charge on any atom is 0.433 e. The van der Waals surface area contributed by atoms with Crippen LogP contribution < -0.4 is 5.56 Å². The van der Waals surface area contributed by atoms with E-state index in [0.717, 1.165) is 9.39 Å². The molecule has 0 saturated heterocycles. The quantitative estimate of drug-likeness (QED) is 0.750. The highest BCUT2D eigenvalue weighted by Crippen LogP contribution is 2.32. The van der Waals surface area contributed by atoms with Crippen molar-refractivity contribution in [1.82, 2.24) is 14.6 Å². The zero-order chi connectivity index (χ0) is 14.5. The van der Waals surface area contributed by atoms with Gasteiger partial charge in [-0.15, -0.1) is 11.3 Å². The van der Waals surface area contributed by atoms with E-state index in [9.17, 15) is 18.0 Å². The summed E-state index contributed by atoms with van der Waals surface area (Å²) < 4.78 is 39.3. The summed E-state index contributed by atoms with van der Waals surface area (Å²) in [5.74, 6) is 0. The second kappa shape index (κ2) is 4.20. The van der Waals surface area contributed by atoms with Crippen molar-refractivity contribution in [3.8, 4) is 10.4 Å². The zero-order valence-corrected chi connectivity index (χ0v) is 11.0. The number of hydrogen-bond acceptors (Lipinski definition) is 3. The highest BCUT2D eigenvalue weighted by Gasteiger charge is 2.34.